The fourth-order valence-corrected chi connectivity index (χ4v) is 3.67. The lowest BCUT2D eigenvalue weighted by atomic mass is 10.1. The first-order chi connectivity index (χ1) is 16.4. The molecule has 0 bridgehead atoms. The van der Waals surface area contributed by atoms with Crippen molar-refractivity contribution in [1.29, 1.82) is 0 Å². The molecule has 8 nitrogen and oxygen atoms in total. The molecule has 34 heavy (non-hydrogen) atoms. The molecule has 0 aromatic heterocycles. The monoisotopic (exact) mass is 468 g/mol. The van der Waals surface area contributed by atoms with Gasteiger partial charge in [0.15, 0.2) is 24.7 Å². The van der Waals surface area contributed by atoms with Gasteiger partial charge in [-0.1, -0.05) is 12.1 Å². The highest BCUT2D eigenvalue weighted by Crippen LogP contribution is 2.29. The van der Waals surface area contributed by atoms with Crippen LogP contribution in [0.15, 0.2) is 36.4 Å². The molecule has 2 aromatic carbocycles. The van der Waals surface area contributed by atoms with Crippen molar-refractivity contribution in [3.05, 3.63) is 53.1 Å². The van der Waals surface area contributed by atoms with Crippen LogP contribution in [0.3, 0.4) is 0 Å². The van der Waals surface area contributed by atoms with Crippen molar-refractivity contribution in [2.75, 3.05) is 38.2 Å². The lowest BCUT2D eigenvalue weighted by Crippen LogP contribution is -2.38. The van der Waals surface area contributed by atoms with E-state index in [1.54, 1.807) is 11.0 Å². The van der Waals surface area contributed by atoms with Crippen LogP contribution >= 0.6 is 0 Å². The van der Waals surface area contributed by atoms with Crippen molar-refractivity contribution in [2.45, 2.75) is 40.0 Å². The first-order valence-corrected chi connectivity index (χ1v) is 11.6. The summed E-state index contributed by atoms with van der Waals surface area (Å²) < 4.78 is 16.5. The zero-order valence-electron chi connectivity index (χ0n) is 20.0. The molecule has 0 atom stereocenters. The van der Waals surface area contributed by atoms with Gasteiger partial charge in [0.1, 0.15) is 0 Å². The third-order valence-corrected chi connectivity index (χ3v) is 5.54. The van der Waals surface area contributed by atoms with Crippen LogP contribution < -0.4 is 14.8 Å². The number of carbonyl (C=O) groups is 3. The second-order valence-corrected chi connectivity index (χ2v) is 8.27. The highest BCUT2D eigenvalue weighted by molar-refractivity contribution is 5.96. The van der Waals surface area contributed by atoms with Gasteiger partial charge in [-0.15, -0.1) is 0 Å². The Morgan fingerprint density at radius 2 is 1.68 bits per heavy atom. The number of piperidine rings is 1. The van der Waals surface area contributed by atoms with Crippen molar-refractivity contribution >= 4 is 23.5 Å². The maximum absolute atomic E-state index is 12.5. The Kier molecular flexibility index (Phi) is 8.90. The highest BCUT2D eigenvalue weighted by Gasteiger charge is 2.19. The van der Waals surface area contributed by atoms with E-state index in [2.05, 4.69) is 5.32 Å². The summed E-state index contributed by atoms with van der Waals surface area (Å²) in [5, 5.41) is 2.76. The molecule has 0 aliphatic carbocycles. The number of nitrogens with one attached hydrogen (secondary N) is 1. The van der Waals surface area contributed by atoms with Crippen LogP contribution in [0.25, 0.3) is 0 Å². The number of anilines is 1. The van der Waals surface area contributed by atoms with Crippen LogP contribution in [-0.4, -0.2) is 55.6 Å². The fraction of sp³-hybridized carbons (Fsp3) is 0.423. The van der Waals surface area contributed by atoms with Crippen LogP contribution in [-0.2, 0) is 14.3 Å². The molecule has 1 heterocycles. The number of benzene rings is 2. The number of esters is 1. The third kappa shape index (κ3) is 6.97. The molecule has 0 radical (unpaired) electrons. The summed E-state index contributed by atoms with van der Waals surface area (Å²) >= 11 is 0. The van der Waals surface area contributed by atoms with E-state index in [0.717, 1.165) is 43.5 Å². The molecule has 0 unspecified atom stereocenters. The fourth-order valence-electron chi connectivity index (χ4n) is 3.67. The average Bonchev–Trinajstić information content (AvgIpc) is 2.84. The van der Waals surface area contributed by atoms with Crippen molar-refractivity contribution in [3.63, 3.8) is 0 Å². The number of nitrogens with zero attached hydrogens (tertiary/aromatic N) is 1. The Morgan fingerprint density at radius 3 is 2.41 bits per heavy atom. The summed E-state index contributed by atoms with van der Waals surface area (Å²) in [5.41, 5.74) is 2.83. The van der Waals surface area contributed by atoms with Gasteiger partial charge >= 0.3 is 5.97 Å². The van der Waals surface area contributed by atoms with Gasteiger partial charge in [0.25, 0.3) is 11.8 Å². The quantitative estimate of drug-likeness (QED) is 0.561. The number of ether oxygens (including phenoxy) is 3. The van der Waals surface area contributed by atoms with Crippen LogP contribution in [0.1, 0.15) is 47.7 Å². The number of rotatable bonds is 9. The Morgan fingerprint density at radius 1 is 0.912 bits per heavy atom. The van der Waals surface area contributed by atoms with E-state index < -0.39 is 18.5 Å². The second kappa shape index (κ2) is 12.1. The maximum atomic E-state index is 12.5. The highest BCUT2D eigenvalue weighted by atomic mass is 16.5. The predicted octanol–water partition coefficient (Wildman–Crippen LogP) is 3.89. The molecular formula is C26H32N2O6. The number of carbonyl (C=O) groups excluding carboxylic acids is 3. The lowest BCUT2D eigenvalue weighted by Gasteiger charge is -2.26. The Hall–Kier alpha value is -3.55. The average molecular weight is 469 g/mol. The lowest BCUT2D eigenvalue weighted by molar-refractivity contribution is -0.134. The summed E-state index contributed by atoms with van der Waals surface area (Å²) in [5.74, 6) is -0.448. The first kappa shape index (κ1) is 25.1. The standard InChI is InChI=1S/C26H32N2O6/c1-4-32-23-15-20(10-11-22(23)33-17-25(30)28-12-6-5-7-13-28)26(31)34-16-24(29)27-21-14-18(2)8-9-19(21)3/h8-11,14-15H,4-7,12-13,16-17H2,1-3H3,(H,27,29). The zero-order valence-corrected chi connectivity index (χ0v) is 20.0. The normalized spacial score (nSPS) is 13.2. The van der Waals surface area contributed by atoms with Crippen molar-refractivity contribution in [2.24, 2.45) is 0 Å². The number of hydrogen-bond donors (Lipinski definition) is 1. The van der Waals surface area contributed by atoms with Crippen LogP contribution in [0.4, 0.5) is 5.69 Å². The topological polar surface area (TPSA) is 94.2 Å². The first-order valence-electron chi connectivity index (χ1n) is 11.6. The molecule has 1 fully saturated rings. The molecule has 8 heteroatoms. The second-order valence-electron chi connectivity index (χ2n) is 8.27. The van der Waals surface area contributed by atoms with Gasteiger partial charge in [-0.25, -0.2) is 4.79 Å². The molecular weight excluding hydrogens is 436 g/mol. The van der Waals surface area contributed by atoms with E-state index in [-0.39, 0.29) is 18.1 Å². The number of aryl methyl sites for hydroxylation is 2. The van der Waals surface area contributed by atoms with Gasteiger partial charge in [-0.05, 0) is 75.4 Å². The smallest absolute Gasteiger partial charge is 0.338 e. The van der Waals surface area contributed by atoms with E-state index in [9.17, 15) is 14.4 Å². The molecule has 1 aliphatic rings. The summed E-state index contributed by atoms with van der Waals surface area (Å²) in [4.78, 5) is 38.9. The number of hydrogen-bond acceptors (Lipinski definition) is 6. The van der Waals surface area contributed by atoms with Gasteiger partial charge in [-0.2, -0.15) is 0 Å². The van der Waals surface area contributed by atoms with Crippen molar-refractivity contribution in [1.82, 2.24) is 4.90 Å². The zero-order chi connectivity index (χ0) is 24.5. The Balaban J connectivity index is 1.57. The predicted molar refractivity (Wildman–Crippen MR) is 128 cm³/mol. The SMILES string of the molecule is CCOc1cc(C(=O)OCC(=O)Nc2cc(C)ccc2C)ccc1OCC(=O)N1CCCCC1. The van der Waals surface area contributed by atoms with Crippen LogP contribution in [0.2, 0.25) is 0 Å². The van der Waals surface area contributed by atoms with Crippen molar-refractivity contribution in [3.8, 4) is 11.5 Å². The molecule has 0 saturated carbocycles. The van der Waals surface area contributed by atoms with Gasteiger partial charge in [0.2, 0.25) is 0 Å². The molecule has 182 valence electrons. The van der Waals surface area contributed by atoms with E-state index in [1.807, 2.05) is 39.0 Å². The molecule has 1 saturated heterocycles. The van der Waals surface area contributed by atoms with Gasteiger partial charge in [0, 0.05) is 18.8 Å². The molecule has 0 spiro atoms. The summed E-state index contributed by atoms with van der Waals surface area (Å²) in [7, 11) is 0. The number of amides is 2. The van der Waals surface area contributed by atoms with Crippen LogP contribution in [0.5, 0.6) is 11.5 Å². The summed E-state index contributed by atoms with van der Waals surface area (Å²) in [6.07, 6.45) is 3.16. The molecule has 3 rings (SSSR count). The Labute approximate surface area is 200 Å². The summed E-state index contributed by atoms with van der Waals surface area (Å²) in [6.45, 7) is 6.98. The summed E-state index contributed by atoms with van der Waals surface area (Å²) in [6, 6.07) is 10.3. The van der Waals surface area contributed by atoms with Gasteiger partial charge in [0.05, 0.1) is 12.2 Å². The van der Waals surface area contributed by atoms with Crippen LogP contribution in [0, 0.1) is 13.8 Å². The minimum absolute atomic E-state index is 0.0690. The van der Waals surface area contributed by atoms with E-state index in [4.69, 9.17) is 14.2 Å². The van der Waals surface area contributed by atoms with E-state index in [0.29, 0.717) is 23.8 Å². The van der Waals surface area contributed by atoms with E-state index >= 15 is 0 Å². The van der Waals surface area contributed by atoms with Crippen molar-refractivity contribution < 1.29 is 28.6 Å². The maximum Gasteiger partial charge on any atom is 0.338 e. The molecule has 1 N–H and O–H groups in total. The van der Waals surface area contributed by atoms with E-state index in [1.165, 1.54) is 12.1 Å². The molecule has 2 amide bonds. The minimum Gasteiger partial charge on any atom is -0.490 e. The largest absolute Gasteiger partial charge is 0.490 e. The number of likely N-dealkylation sites (tertiary alicyclic amines) is 1. The Bertz CT molecular complexity index is 1030. The molecule has 2 aromatic rings. The van der Waals surface area contributed by atoms with Gasteiger partial charge in [-0.3, -0.25) is 9.59 Å². The molecule has 1 aliphatic heterocycles. The van der Waals surface area contributed by atoms with Gasteiger partial charge < -0.3 is 24.4 Å². The third-order valence-electron chi connectivity index (χ3n) is 5.54. The minimum atomic E-state index is -0.659.